The summed E-state index contributed by atoms with van der Waals surface area (Å²) in [6, 6.07) is 11.6. The Hall–Kier alpha value is -2.47. The number of hydrogen-bond acceptors (Lipinski definition) is 4. The number of benzene rings is 1. The number of aromatic nitrogens is 2. The number of nitrogens with zero attached hydrogens (tertiary/aromatic N) is 3. The van der Waals surface area contributed by atoms with E-state index >= 15 is 0 Å². The molecule has 2 aromatic rings. The quantitative estimate of drug-likeness (QED) is 0.801. The number of amides is 1. The average molecular weight is 393 g/mol. The van der Waals surface area contributed by atoms with Crippen molar-refractivity contribution in [2.45, 2.75) is 50.7 Å². The summed E-state index contributed by atoms with van der Waals surface area (Å²) in [4.78, 5) is 27.2. The molecule has 3 aliphatic rings. The van der Waals surface area contributed by atoms with Crippen molar-refractivity contribution in [3.63, 3.8) is 0 Å². The lowest BCUT2D eigenvalue weighted by molar-refractivity contribution is -0.146. The summed E-state index contributed by atoms with van der Waals surface area (Å²) in [7, 11) is 0. The number of hydrogen-bond donors (Lipinski definition) is 0. The predicted octanol–water partition coefficient (Wildman–Crippen LogP) is 2.67. The van der Waals surface area contributed by atoms with Gasteiger partial charge in [-0.3, -0.25) is 9.59 Å². The molecular weight excluding hydrogens is 366 g/mol. The molecule has 1 atom stereocenters. The first-order valence-electron chi connectivity index (χ1n) is 10.8. The van der Waals surface area contributed by atoms with Crippen LogP contribution in [0.5, 0.6) is 0 Å². The maximum atomic E-state index is 13.1. The van der Waals surface area contributed by atoms with Gasteiger partial charge in [-0.15, -0.1) is 0 Å². The van der Waals surface area contributed by atoms with E-state index in [9.17, 15) is 9.59 Å². The summed E-state index contributed by atoms with van der Waals surface area (Å²) in [6.45, 7) is 2.66. The van der Waals surface area contributed by atoms with E-state index in [0.29, 0.717) is 38.1 Å². The molecule has 5 rings (SSSR count). The molecule has 0 bridgehead atoms. The van der Waals surface area contributed by atoms with Crippen molar-refractivity contribution in [3.8, 4) is 0 Å². The summed E-state index contributed by atoms with van der Waals surface area (Å²) in [6.07, 6.45) is 4.53. The third-order valence-electron chi connectivity index (χ3n) is 6.46. The number of likely N-dealkylation sites (tertiary alicyclic amines) is 1. The number of piperidine rings is 1. The molecule has 0 spiro atoms. The highest BCUT2D eigenvalue weighted by Crippen LogP contribution is 2.38. The minimum Gasteiger partial charge on any atom is -0.363 e. The molecule has 1 aromatic carbocycles. The molecule has 1 amide bonds. The van der Waals surface area contributed by atoms with Gasteiger partial charge in [0.15, 0.2) is 6.10 Å². The molecule has 1 aliphatic carbocycles. The molecule has 6 heteroatoms. The molecular formula is C23H27N3O3. The van der Waals surface area contributed by atoms with E-state index in [2.05, 4.69) is 11.2 Å². The van der Waals surface area contributed by atoms with Gasteiger partial charge in [0.25, 0.3) is 11.5 Å². The Morgan fingerprint density at radius 3 is 2.66 bits per heavy atom. The number of rotatable bonds is 4. The van der Waals surface area contributed by atoms with Crippen LogP contribution in [0.15, 0.2) is 41.2 Å². The standard InChI is InChI=1S/C23H27N3O3/c27-21-8-7-20(18-5-6-18)24-26(21)15-16-9-12-25(13-10-16)23(28)22-19-4-2-1-3-17(19)11-14-29-22/h1-4,7-8,16,18,22H,5-6,9-15H2. The summed E-state index contributed by atoms with van der Waals surface area (Å²) < 4.78 is 7.49. The second-order valence-electron chi connectivity index (χ2n) is 8.52. The lowest BCUT2D eigenvalue weighted by Crippen LogP contribution is -2.43. The Morgan fingerprint density at radius 1 is 1.07 bits per heavy atom. The van der Waals surface area contributed by atoms with Crippen LogP contribution < -0.4 is 5.56 Å². The summed E-state index contributed by atoms with van der Waals surface area (Å²) in [5, 5.41) is 4.58. The molecule has 0 radical (unpaired) electrons. The normalized spacial score (nSPS) is 22.3. The first kappa shape index (κ1) is 18.6. The van der Waals surface area contributed by atoms with Gasteiger partial charge in [0.05, 0.1) is 12.3 Å². The van der Waals surface area contributed by atoms with E-state index in [1.54, 1.807) is 10.7 Å². The molecule has 1 saturated heterocycles. The van der Waals surface area contributed by atoms with E-state index in [1.807, 2.05) is 29.2 Å². The van der Waals surface area contributed by atoms with Crippen molar-refractivity contribution in [1.29, 1.82) is 0 Å². The van der Waals surface area contributed by atoms with Crippen LogP contribution in [-0.2, 0) is 22.5 Å². The summed E-state index contributed by atoms with van der Waals surface area (Å²) in [5.41, 5.74) is 3.25. The van der Waals surface area contributed by atoms with Gasteiger partial charge in [0.2, 0.25) is 0 Å². The predicted molar refractivity (Wildman–Crippen MR) is 109 cm³/mol. The first-order valence-corrected chi connectivity index (χ1v) is 10.8. The van der Waals surface area contributed by atoms with E-state index in [-0.39, 0.29) is 11.5 Å². The van der Waals surface area contributed by atoms with Crippen molar-refractivity contribution < 1.29 is 9.53 Å². The lowest BCUT2D eigenvalue weighted by Gasteiger charge is -2.35. The molecule has 2 fully saturated rings. The van der Waals surface area contributed by atoms with Gasteiger partial charge in [-0.1, -0.05) is 24.3 Å². The van der Waals surface area contributed by atoms with Crippen LogP contribution in [0.4, 0.5) is 0 Å². The Morgan fingerprint density at radius 2 is 1.86 bits per heavy atom. The van der Waals surface area contributed by atoms with Crippen LogP contribution in [-0.4, -0.2) is 40.3 Å². The topological polar surface area (TPSA) is 64.4 Å². The number of carbonyl (C=O) groups is 1. The molecule has 2 aliphatic heterocycles. The molecule has 152 valence electrons. The SMILES string of the molecule is O=C(C1OCCc2ccccc21)N1CCC(Cn2nc(C3CC3)ccc2=O)CC1. The van der Waals surface area contributed by atoms with E-state index in [0.717, 1.165) is 30.5 Å². The van der Waals surface area contributed by atoms with Gasteiger partial charge < -0.3 is 9.64 Å². The third kappa shape index (κ3) is 3.86. The van der Waals surface area contributed by atoms with Crippen LogP contribution >= 0.6 is 0 Å². The summed E-state index contributed by atoms with van der Waals surface area (Å²) >= 11 is 0. The molecule has 1 unspecified atom stereocenters. The van der Waals surface area contributed by atoms with Crippen molar-refractivity contribution in [2.24, 2.45) is 5.92 Å². The molecule has 1 aromatic heterocycles. The zero-order chi connectivity index (χ0) is 19.8. The lowest BCUT2D eigenvalue weighted by atomic mass is 9.94. The second-order valence-corrected chi connectivity index (χ2v) is 8.52. The highest BCUT2D eigenvalue weighted by Gasteiger charge is 2.33. The maximum absolute atomic E-state index is 13.1. The van der Waals surface area contributed by atoms with Crippen LogP contribution in [0.2, 0.25) is 0 Å². The van der Waals surface area contributed by atoms with Gasteiger partial charge in [-0.2, -0.15) is 5.10 Å². The van der Waals surface area contributed by atoms with Gasteiger partial charge in [-0.05, 0) is 55.2 Å². The van der Waals surface area contributed by atoms with Crippen molar-refractivity contribution in [3.05, 3.63) is 63.6 Å². The van der Waals surface area contributed by atoms with E-state index in [1.165, 1.54) is 18.4 Å². The Balaban J connectivity index is 1.22. The maximum Gasteiger partial charge on any atom is 0.266 e. The molecule has 6 nitrogen and oxygen atoms in total. The molecule has 0 N–H and O–H groups in total. The third-order valence-corrected chi connectivity index (χ3v) is 6.46. The zero-order valence-corrected chi connectivity index (χ0v) is 16.6. The molecule has 1 saturated carbocycles. The van der Waals surface area contributed by atoms with Gasteiger partial charge >= 0.3 is 0 Å². The van der Waals surface area contributed by atoms with Crippen molar-refractivity contribution in [2.75, 3.05) is 19.7 Å². The van der Waals surface area contributed by atoms with Gasteiger partial charge in [-0.25, -0.2) is 4.68 Å². The average Bonchev–Trinajstić information content (AvgIpc) is 3.60. The van der Waals surface area contributed by atoms with Crippen molar-refractivity contribution in [1.82, 2.24) is 14.7 Å². The fraction of sp³-hybridized carbons (Fsp3) is 0.522. The first-order chi connectivity index (χ1) is 14.2. The zero-order valence-electron chi connectivity index (χ0n) is 16.6. The Kier molecular flexibility index (Phi) is 4.96. The van der Waals surface area contributed by atoms with Crippen molar-refractivity contribution >= 4 is 5.91 Å². The molecule has 3 heterocycles. The van der Waals surface area contributed by atoms with Crippen LogP contribution in [0.3, 0.4) is 0 Å². The fourth-order valence-electron chi connectivity index (χ4n) is 4.54. The summed E-state index contributed by atoms with van der Waals surface area (Å²) in [5.74, 6) is 0.986. The van der Waals surface area contributed by atoms with Gasteiger partial charge in [0.1, 0.15) is 0 Å². The van der Waals surface area contributed by atoms with E-state index in [4.69, 9.17) is 4.74 Å². The monoisotopic (exact) mass is 393 g/mol. The Labute approximate surface area is 170 Å². The van der Waals surface area contributed by atoms with Crippen LogP contribution in [0, 0.1) is 5.92 Å². The fourth-order valence-corrected chi connectivity index (χ4v) is 4.54. The number of fused-ring (bicyclic) bond motifs is 1. The highest BCUT2D eigenvalue weighted by molar-refractivity contribution is 5.83. The smallest absolute Gasteiger partial charge is 0.266 e. The minimum absolute atomic E-state index is 0.0277. The molecule has 29 heavy (non-hydrogen) atoms. The van der Waals surface area contributed by atoms with Crippen LogP contribution in [0.25, 0.3) is 0 Å². The highest BCUT2D eigenvalue weighted by atomic mass is 16.5. The van der Waals surface area contributed by atoms with Gasteiger partial charge in [0, 0.05) is 31.6 Å². The second kappa shape index (κ2) is 7.75. The van der Waals surface area contributed by atoms with E-state index < -0.39 is 6.10 Å². The van der Waals surface area contributed by atoms with Crippen LogP contribution in [0.1, 0.15) is 54.5 Å². The minimum atomic E-state index is -0.476. The number of ether oxygens (including phenoxy) is 1. The largest absolute Gasteiger partial charge is 0.363 e. The Bertz CT molecular complexity index is 958. The number of carbonyl (C=O) groups excluding carboxylic acids is 1.